The molecule has 5 nitrogen and oxygen atoms in total. The highest BCUT2D eigenvalue weighted by Gasteiger charge is 2.30. The van der Waals surface area contributed by atoms with Gasteiger partial charge < -0.3 is 10.6 Å². The topological polar surface area (TPSA) is 76.3 Å². The van der Waals surface area contributed by atoms with E-state index in [1.807, 2.05) is 24.3 Å². The van der Waals surface area contributed by atoms with Crippen molar-refractivity contribution in [1.29, 1.82) is 0 Å². The molecule has 21 heavy (non-hydrogen) atoms. The lowest BCUT2D eigenvalue weighted by Crippen LogP contribution is -2.32. The number of benzene rings is 1. The van der Waals surface area contributed by atoms with Gasteiger partial charge in [0.25, 0.3) is 5.91 Å². The zero-order valence-electron chi connectivity index (χ0n) is 11.3. The number of primary amides is 1. The Morgan fingerprint density at radius 1 is 1.33 bits per heavy atom. The van der Waals surface area contributed by atoms with Gasteiger partial charge in [0, 0.05) is 18.5 Å². The zero-order valence-corrected chi connectivity index (χ0v) is 12.0. The van der Waals surface area contributed by atoms with Crippen molar-refractivity contribution in [2.75, 3.05) is 13.1 Å². The molecule has 1 aliphatic rings. The van der Waals surface area contributed by atoms with Crippen LogP contribution >= 0.6 is 11.6 Å². The molecule has 1 atom stereocenters. The largest absolute Gasteiger partial charge is 0.369 e. The maximum atomic E-state index is 12.5. The monoisotopic (exact) mass is 303 g/mol. The van der Waals surface area contributed by atoms with Crippen molar-refractivity contribution in [2.24, 2.45) is 11.7 Å². The number of carbonyl (C=O) groups excluding carboxylic acids is 2. The average molecular weight is 304 g/mol. The van der Waals surface area contributed by atoms with Gasteiger partial charge in [0.15, 0.2) is 0 Å². The summed E-state index contributed by atoms with van der Waals surface area (Å²) in [5.41, 5.74) is 6.26. The summed E-state index contributed by atoms with van der Waals surface area (Å²) >= 11 is 6.21. The molecule has 0 aliphatic carbocycles. The molecule has 0 bridgehead atoms. The normalized spacial score (nSPS) is 18.1. The highest BCUT2D eigenvalue weighted by molar-refractivity contribution is 6.35. The molecule has 1 aromatic heterocycles. The molecule has 2 aromatic rings. The van der Waals surface area contributed by atoms with Crippen LogP contribution in [0.2, 0.25) is 5.02 Å². The number of likely N-dealkylation sites (tertiary alicyclic amines) is 1. The number of hydrogen-bond acceptors (Lipinski definition) is 3. The van der Waals surface area contributed by atoms with Gasteiger partial charge in [-0.25, -0.2) is 4.98 Å². The van der Waals surface area contributed by atoms with Gasteiger partial charge >= 0.3 is 0 Å². The van der Waals surface area contributed by atoms with Gasteiger partial charge in [-0.1, -0.05) is 29.8 Å². The highest BCUT2D eigenvalue weighted by atomic mass is 35.5. The van der Waals surface area contributed by atoms with E-state index in [4.69, 9.17) is 17.3 Å². The Bertz CT molecular complexity index is 732. The molecule has 2 heterocycles. The Hall–Kier alpha value is -2.14. The number of nitrogens with zero attached hydrogens (tertiary/aromatic N) is 2. The van der Waals surface area contributed by atoms with Crippen molar-refractivity contribution in [3.63, 3.8) is 0 Å². The number of aromatic nitrogens is 1. The summed E-state index contributed by atoms with van der Waals surface area (Å²) in [6.45, 7) is 0.860. The second kappa shape index (κ2) is 5.33. The Morgan fingerprint density at radius 3 is 2.81 bits per heavy atom. The third kappa shape index (κ3) is 2.56. The first-order valence-electron chi connectivity index (χ1n) is 6.70. The van der Waals surface area contributed by atoms with Gasteiger partial charge in [-0.15, -0.1) is 0 Å². The zero-order chi connectivity index (χ0) is 15.0. The number of hydrogen-bond donors (Lipinski definition) is 1. The Balaban J connectivity index is 1.90. The molecule has 6 heteroatoms. The fourth-order valence-electron chi connectivity index (χ4n) is 2.58. The van der Waals surface area contributed by atoms with Gasteiger partial charge in [0.1, 0.15) is 5.69 Å². The van der Waals surface area contributed by atoms with E-state index in [-0.39, 0.29) is 17.7 Å². The molecule has 1 saturated heterocycles. The third-order valence-electron chi connectivity index (χ3n) is 3.76. The molecule has 1 unspecified atom stereocenters. The fraction of sp³-hybridized carbons (Fsp3) is 0.267. The number of amides is 2. The number of nitrogens with two attached hydrogens (primary N) is 1. The number of carbonyl (C=O) groups is 2. The van der Waals surface area contributed by atoms with Crippen molar-refractivity contribution in [2.45, 2.75) is 6.42 Å². The molecule has 3 rings (SSSR count). The number of para-hydroxylation sites is 1. The van der Waals surface area contributed by atoms with Crippen LogP contribution in [0.25, 0.3) is 10.9 Å². The van der Waals surface area contributed by atoms with Crippen LogP contribution in [-0.4, -0.2) is 34.8 Å². The van der Waals surface area contributed by atoms with Crippen LogP contribution in [0.5, 0.6) is 0 Å². The van der Waals surface area contributed by atoms with E-state index in [0.29, 0.717) is 35.7 Å². The molecule has 1 aliphatic heterocycles. The van der Waals surface area contributed by atoms with Gasteiger partial charge in [0.2, 0.25) is 5.91 Å². The summed E-state index contributed by atoms with van der Waals surface area (Å²) in [4.78, 5) is 29.6. The average Bonchev–Trinajstić information content (AvgIpc) is 2.96. The van der Waals surface area contributed by atoms with Crippen LogP contribution in [0.4, 0.5) is 0 Å². The first-order chi connectivity index (χ1) is 10.1. The minimum absolute atomic E-state index is 0.216. The predicted octanol–water partition coefficient (Wildman–Crippen LogP) is 1.84. The van der Waals surface area contributed by atoms with E-state index in [0.717, 1.165) is 5.39 Å². The van der Waals surface area contributed by atoms with Crippen molar-refractivity contribution in [3.05, 3.63) is 41.0 Å². The summed E-state index contributed by atoms with van der Waals surface area (Å²) in [5.74, 6) is -0.855. The van der Waals surface area contributed by atoms with Crippen LogP contribution < -0.4 is 5.73 Å². The van der Waals surface area contributed by atoms with Gasteiger partial charge in [-0.05, 0) is 18.6 Å². The molecule has 0 spiro atoms. The maximum absolute atomic E-state index is 12.5. The van der Waals surface area contributed by atoms with Crippen LogP contribution in [0.1, 0.15) is 16.9 Å². The lowest BCUT2D eigenvalue weighted by atomic mass is 10.1. The SMILES string of the molecule is NC(=O)C1CCN(C(=O)c2cc(Cl)c3ccccc3n2)C1. The summed E-state index contributed by atoms with van der Waals surface area (Å²) in [5, 5.41) is 1.31. The number of rotatable bonds is 2. The van der Waals surface area contributed by atoms with Crippen molar-refractivity contribution in [3.8, 4) is 0 Å². The van der Waals surface area contributed by atoms with Crippen molar-refractivity contribution < 1.29 is 9.59 Å². The highest BCUT2D eigenvalue weighted by Crippen LogP contribution is 2.24. The summed E-state index contributed by atoms with van der Waals surface area (Å²) in [7, 11) is 0. The van der Waals surface area contributed by atoms with Gasteiger partial charge in [0.05, 0.1) is 16.5 Å². The summed E-state index contributed by atoms with van der Waals surface area (Å²) < 4.78 is 0. The molecular formula is C15H14ClN3O2. The van der Waals surface area contributed by atoms with E-state index in [1.165, 1.54) is 0 Å². The minimum Gasteiger partial charge on any atom is -0.369 e. The molecule has 0 saturated carbocycles. The quantitative estimate of drug-likeness (QED) is 0.919. The van der Waals surface area contributed by atoms with Crippen LogP contribution in [-0.2, 0) is 4.79 Å². The number of halogens is 1. The number of pyridine rings is 1. The molecule has 1 aromatic carbocycles. The summed E-state index contributed by atoms with van der Waals surface area (Å²) in [6, 6.07) is 8.96. The first kappa shape index (κ1) is 13.8. The van der Waals surface area contributed by atoms with Crippen molar-refractivity contribution in [1.82, 2.24) is 9.88 Å². The first-order valence-corrected chi connectivity index (χ1v) is 7.08. The van der Waals surface area contributed by atoms with E-state index >= 15 is 0 Å². The Labute approximate surface area is 126 Å². The number of fused-ring (bicyclic) bond motifs is 1. The predicted molar refractivity (Wildman–Crippen MR) is 80.0 cm³/mol. The lowest BCUT2D eigenvalue weighted by Gasteiger charge is -2.16. The molecule has 2 amide bonds. The standard InChI is InChI=1S/C15H14ClN3O2/c16-11-7-13(18-12-4-2-1-3-10(11)12)15(21)19-6-5-9(8-19)14(17)20/h1-4,7,9H,5-6,8H2,(H2,17,20). The molecule has 108 valence electrons. The van der Waals surface area contributed by atoms with E-state index in [2.05, 4.69) is 4.98 Å². The minimum atomic E-state index is -0.366. The second-order valence-electron chi connectivity index (χ2n) is 5.15. The Kier molecular flexibility index (Phi) is 3.51. The van der Waals surface area contributed by atoms with Crippen LogP contribution in [0, 0.1) is 5.92 Å². The summed E-state index contributed by atoms with van der Waals surface area (Å²) in [6.07, 6.45) is 0.600. The van der Waals surface area contributed by atoms with E-state index < -0.39 is 0 Å². The van der Waals surface area contributed by atoms with Gasteiger partial charge in [-0.2, -0.15) is 0 Å². The van der Waals surface area contributed by atoms with Gasteiger partial charge in [-0.3, -0.25) is 9.59 Å². The molecule has 1 fully saturated rings. The third-order valence-corrected chi connectivity index (χ3v) is 4.08. The van der Waals surface area contributed by atoms with Crippen LogP contribution in [0.3, 0.4) is 0 Å². The van der Waals surface area contributed by atoms with E-state index in [1.54, 1.807) is 11.0 Å². The lowest BCUT2D eigenvalue weighted by molar-refractivity contribution is -0.121. The van der Waals surface area contributed by atoms with Crippen LogP contribution in [0.15, 0.2) is 30.3 Å². The molecule has 0 radical (unpaired) electrons. The van der Waals surface area contributed by atoms with Crippen molar-refractivity contribution >= 4 is 34.3 Å². The smallest absolute Gasteiger partial charge is 0.272 e. The second-order valence-corrected chi connectivity index (χ2v) is 5.55. The fourth-order valence-corrected chi connectivity index (χ4v) is 2.84. The van der Waals surface area contributed by atoms with E-state index in [9.17, 15) is 9.59 Å². The molecule has 2 N–H and O–H groups in total. The Morgan fingerprint density at radius 2 is 2.10 bits per heavy atom. The molecular weight excluding hydrogens is 290 g/mol. The maximum Gasteiger partial charge on any atom is 0.272 e.